The van der Waals surface area contributed by atoms with Crippen LogP contribution in [0.4, 0.5) is 5.13 Å². The topological polar surface area (TPSA) is 92.3 Å². The Morgan fingerprint density at radius 1 is 1.10 bits per heavy atom. The first kappa shape index (κ1) is 21.9. The lowest BCUT2D eigenvalue weighted by molar-refractivity contribution is 0.102. The van der Waals surface area contributed by atoms with Crippen LogP contribution in [0.2, 0.25) is 5.02 Å². The van der Waals surface area contributed by atoms with Gasteiger partial charge in [-0.1, -0.05) is 53.6 Å². The van der Waals surface area contributed by atoms with Crippen LogP contribution in [0.25, 0.3) is 10.6 Å². The van der Waals surface area contributed by atoms with Crippen LogP contribution in [-0.4, -0.2) is 41.9 Å². The number of aromatic nitrogens is 2. The molecule has 1 fully saturated rings. The van der Waals surface area contributed by atoms with Crippen molar-refractivity contribution >= 4 is 44.0 Å². The van der Waals surface area contributed by atoms with E-state index in [1.165, 1.54) is 21.7 Å². The van der Waals surface area contributed by atoms with Gasteiger partial charge in [0.15, 0.2) is 5.01 Å². The summed E-state index contributed by atoms with van der Waals surface area (Å²) < 4.78 is 27.7. The van der Waals surface area contributed by atoms with E-state index in [0.29, 0.717) is 33.8 Å². The highest BCUT2D eigenvalue weighted by atomic mass is 35.5. The van der Waals surface area contributed by atoms with E-state index in [1.807, 2.05) is 18.2 Å². The van der Waals surface area contributed by atoms with Crippen LogP contribution in [0.1, 0.15) is 35.2 Å². The number of rotatable bonds is 5. The number of carbonyl (C=O) groups is 1. The molecule has 0 spiro atoms. The maximum atomic E-state index is 13.1. The second-order valence-corrected chi connectivity index (χ2v) is 10.6. The van der Waals surface area contributed by atoms with Crippen molar-refractivity contribution in [2.45, 2.75) is 31.1 Å². The zero-order valence-electron chi connectivity index (χ0n) is 16.8. The molecule has 7 nitrogen and oxygen atoms in total. The number of aryl methyl sites for hydroxylation is 1. The van der Waals surface area contributed by atoms with E-state index >= 15 is 0 Å². The second kappa shape index (κ2) is 9.04. The summed E-state index contributed by atoms with van der Waals surface area (Å²) in [5.74, 6) is -0.447. The van der Waals surface area contributed by atoms with Crippen LogP contribution in [0.3, 0.4) is 0 Å². The Bertz CT molecular complexity index is 1220. The molecule has 2 aromatic carbocycles. The maximum absolute atomic E-state index is 13.1. The van der Waals surface area contributed by atoms with Crippen molar-refractivity contribution in [1.82, 2.24) is 14.5 Å². The van der Waals surface area contributed by atoms with E-state index < -0.39 is 15.9 Å². The van der Waals surface area contributed by atoms with Crippen molar-refractivity contribution in [3.8, 4) is 10.6 Å². The normalized spacial score (nSPS) is 15.0. The van der Waals surface area contributed by atoms with Crippen molar-refractivity contribution in [3.63, 3.8) is 0 Å². The third kappa shape index (κ3) is 4.64. The van der Waals surface area contributed by atoms with Crippen molar-refractivity contribution in [2.75, 3.05) is 18.4 Å². The molecule has 0 radical (unpaired) electrons. The van der Waals surface area contributed by atoms with E-state index in [-0.39, 0.29) is 10.5 Å². The van der Waals surface area contributed by atoms with Gasteiger partial charge in [0, 0.05) is 24.2 Å². The van der Waals surface area contributed by atoms with Gasteiger partial charge >= 0.3 is 0 Å². The number of anilines is 1. The van der Waals surface area contributed by atoms with E-state index in [0.717, 1.165) is 24.8 Å². The molecule has 1 saturated heterocycles. The molecular formula is C21H21ClN4O3S2. The Labute approximate surface area is 190 Å². The molecule has 1 N–H and O–H groups in total. The summed E-state index contributed by atoms with van der Waals surface area (Å²) in [5.41, 5.74) is 1.59. The monoisotopic (exact) mass is 476 g/mol. The van der Waals surface area contributed by atoms with Crippen molar-refractivity contribution in [3.05, 3.63) is 58.6 Å². The average Bonchev–Trinajstić information content (AvgIpc) is 3.23. The van der Waals surface area contributed by atoms with Crippen LogP contribution in [0, 0.1) is 6.92 Å². The zero-order valence-corrected chi connectivity index (χ0v) is 19.2. The lowest BCUT2D eigenvalue weighted by Crippen LogP contribution is -2.36. The second-order valence-electron chi connectivity index (χ2n) is 7.29. The number of carbonyl (C=O) groups excluding carboxylic acids is 1. The summed E-state index contributed by atoms with van der Waals surface area (Å²) in [6.45, 7) is 2.75. The number of piperidine rings is 1. The number of hydrogen-bond acceptors (Lipinski definition) is 6. The SMILES string of the molecule is Cc1ccc(C(=O)Nc2nnc(-c3ccccc3Cl)s2)cc1S(=O)(=O)N1CCCCC1. The van der Waals surface area contributed by atoms with Gasteiger partial charge in [-0.2, -0.15) is 4.31 Å². The molecule has 31 heavy (non-hydrogen) atoms. The number of halogens is 1. The zero-order chi connectivity index (χ0) is 22.0. The number of benzene rings is 2. The van der Waals surface area contributed by atoms with Gasteiger partial charge < -0.3 is 0 Å². The predicted octanol–water partition coefficient (Wildman–Crippen LogP) is 4.59. The Morgan fingerprint density at radius 3 is 2.58 bits per heavy atom. The van der Waals surface area contributed by atoms with Crippen LogP contribution < -0.4 is 5.32 Å². The lowest BCUT2D eigenvalue weighted by atomic mass is 10.1. The summed E-state index contributed by atoms with van der Waals surface area (Å²) in [4.78, 5) is 12.9. The smallest absolute Gasteiger partial charge is 0.257 e. The Hall–Kier alpha value is -2.33. The van der Waals surface area contributed by atoms with Gasteiger partial charge in [0.25, 0.3) is 5.91 Å². The Kier molecular flexibility index (Phi) is 6.38. The molecule has 10 heteroatoms. The highest BCUT2D eigenvalue weighted by Gasteiger charge is 2.28. The fourth-order valence-corrected chi connectivity index (χ4v) is 6.28. The van der Waals surface area contributed by atoms with Gasteiger partial charge in [-0.3, -0.25) is 10.1 Å². The molecule has 1 aliphatic rings. The molecule has 4 rings (SSSR count). The minimum absolute atomic E-state index is 0.163. The quantitative estimate of drug-likeness (QED) is 0.581. The van der Waals surface area contributed by atoms with Crippen LogP contribution >= 0.6 is 22.9 Å². The van der Waals surface area contributed by atoms with Gasteiger partial charge in [-0.25, -0.2) is 8.42 Å². The lowest BCUT2D eigenvalue weighted by Gasteiger charge is -2.26. The van der Waals surface area contributed by atoms with Gasteiger partial charge in [0.05, 0.1) is 9.92 Å². The minimum atomic E-state index is -3.64. The molecule has 2 heterocycles. The van der Waals surface area contributed by atoms with E-state index in [2.05, 4.69) is 15.5 Å². The van der Waals surface area contributed by atoms with E-state index in [9.17, 15) is 13.2 Å². The Balaban J connectivity index is 1.56. The van der Waals surface area contributed by atoms with Crippen LogP contribution in [0.15, 0.2) is 47.4 Å². The molecule has 1 aromatic heterocycles. The van der Waals surface area contributed by atoms with Crippen molar-refractivity contribution in [1.29, 1.82) is 0 Å². The highest BCUT2D eigenvalue weighted by Crippen LogP contribution is 2.32. The van der Waals surface area contributed by atoms with Crippen molar-refractivity contribution in [2.24, 2.45) is 0 Å². The maximum Gasteiger partial charge on any atom is 0.257 e. The first-order valence-corrected chi connectivity index (χ1v) is 12.5. The molecule has 0 saturated carbocycles. The largest absolute Gasteiger partial charge is 0.296 e. The number of nitrogens with one attached hydrogen (secondary N) is 1. The van der Waals surface area contributed by atoms with Crippen LogP contribution in [-0.2, 0) is 10.0 Å². The third-order valence-electron chi connectivity index (χ3n) is 5.13. The first-order chi connectivity index (χ1) is 14.9. The predicted molar refractivity (Wildman–Crippen MR) is 122 cm³/mol. The van der Waals surface area contributed by atoms with Gasteiger partial charge in [-0.05, 0) is 43.5 Å². The molecule has 162 valence electrons. The number of hydrogen-bond donors (Lipinski definition) is 1. The number of amides is 1. The van der Waals surface area contributed by atoms with Gasteiger partial charge in [0.2, 0.25) is 15.2 Å². The van der Waals surface area contributed by atoms with E-state index in [1.54, 1.807) is 25.1 Å². The molecule has 1 amide bonds. The highest BCUT2D eigenvalue weighted by molar-refractivity contribution is 7.89. The average molecular weight is 477 g/mol. The number of nitrogens with zero attached hydrogens (tertiary/aromatic N) is 3. The fraction of sp³-hybridized carbons (Fsp3) is 0.286. The minimum Gasteiger partial charge on any atom is -0.296 e. The molecule has 0 bridgehead atoms. The first-order valence-electron chi connectivity index (χ1n) is 9.87. The Morgan fingerprint density at radius 2 is 1.84 bits per heavy atom. The van der Waals surface area contributed by atoms with Crippen LogP contribution in [0.5, 0.6) is 0 Å². The third-order valence-corrected chi connectivity index (χ3v) is 8.38. The number of sulfonamides is 1. The summed E-state index contributed by atoms with van der Waals surface area (Å²) in [6, 6.07) is 11.9. The van der Waals surface area contributed by atoms with Crippen molar-refractivity contribution < 1.29 is 13.2 Å². The summed E-state index contributed by atoms with van der Waals surface area (Å²) in [6.07, 6.45) is 2.73. The summed E-state index contributed by atoms with van der Waals surface area (Å²) >= 11 is 7.39. The fourth-order valence-electron chi connectivity index (χ4n) is 3.45. The summed E-state index contributed by atoms with van der Waals surface area (Å²) in [7, 11) is -3.64. The van der Waals surface area contributed by atoms with Gasteiger partial charge in [-0.15, -0.1) is 10.2 Å². The van der Waals surface area contributed by atoms with Gasteiger partial charge in [0.1, 0.15) is 0 Å². The molecule has 3 aromatic rings. The molecule has 0 atom stereocenters. The van der Waals surface area contributed by atoms with E-state index in [4.69, 9.17) is 11.6 Å². The molecular weight excluding hydrogens is 456 g/mol. The molecule has 0 aliphatic carbocycles. The standard InChI is InChI=1S/C21H21ClN4O3S2/c1-14-9-10-15(13-18(14)31(28,29)26-11-5-2-6-12-26)19(27)23-21-25-24-20(30-21)16-7-3-4-8-17(16)22/h3-4,7-10,13H,2,5-6,11-12H2,1H3,(H,23,25,27). The molecule has 0 unspecified atom stereocenters. The summed E-state index contributed by atoms with van der Waals surface area (Å²) in [5, 5.41) is 12.2. The molecule has 1 aliphatic heterocycles.